The molecule has 0 spiro atoms. The molecule has 0 unspecified atom stereocenters. The van der Waals surface area contributed by atoms with Gasteiger partial charge < -0.3 is 9.30 Å². The summed E-state index contributed by atoms with van der Waals surface area (Å²) in [4.78, 5) is 15.6. The number of carbonyl (C=O) groups is 1. The van der Waals surface area contributed by atoms with Gasteiger partial charge in [-0.15, -0.1) is 0 Å². The second-order valence-corrected chi connectivity index (χ2v) is 5.47. The lowest BCUT2D eigenvalue weighted by atomic mass is 10.1. The molecule has 2 N–H and O–H groups in total. The fourth-order valence-corrected chi connectivity index (χ4v) is 3.01. The number of carbonyl (C=O) groups excluding carboxylic acids is 1. The molecular weight excluding hydrogens is 294 g/mol. The summed E-state index contributed by atoms with van der Waals surface area (Å²) in [5.41, 5.74) is 4.74. The van der Waals surface area contributed by atoms with Crippen LogP contribution in [0.15, 0.2) is 30.5 Å². The minimum Gasteiger partial charge on any atom is -0.497 e. The van der Waals surface area contributed by atoms with Gasteiger partial charge in [-0.3, -0.25) is 15.0 Å². The molecule has 0 aliphatic rings. The van der Waals surface area contributed by atoms with Crippen molar-refractivity contribution in [2.24, 2.45) is 0 Å². The van der Waals surface area contributed by atoms with Gasteiger partial charge in [-0.25, -0.2) is 5.48 Å². The van der Waals surface area contributed by atoms with E-state index in [1.165, 1.54) is 0 Å². The Morgan fingerprint density at radius 2 is 2.17 bits per heavy atom. The Balaban J connectivity index is 2.12. The molecule has 0 atom stereocenters. The summed E-state index contributed by atoms with van der Waals surface area (Å²) < 4.78 is 7.50. The van der Waals surface area contributed by atoms with Crippen LogP contribution in [0, 0.1) is 6.92 Å². The summed E-state index contributed by atoms with van der Waals surface area (Å²) in [5, 5.41) is 10.9. The molecule has 0 aliphatic carbocycles. The number of pyridine rings is 1. The van der Waals surface area contributed by atoms with Crippen molar-refractivity contribution < 1.29 is 14.7 Å². The largest absolute Gasteiger partial charge is 0.497 e. The van der Waals surface area contributed by atoms with Crippen LogP contribution in [0.25, 0.3) is 21.8 Å². The fourth-order valence-electron chi connectivity index (χ4n) is 3.01. The second kappa shape index (κ2) is 6.26. The van der Waals surface area contributed by atoms with Gasteiger partial charge in [-0.1, -0.05) is 0 Å². The molecule has 0 fully saturated rings. The fraction of sp³-hybridized carbons (Fsp3) is 0.294. The minimum absolute atomic E-state index is 0.265. The molecule has 120 valence electrons. The van der Waals surface area contributed by atoms with Crippen LogP contribution in [0.1, 0.15) is 18.5 Å². The molecule has 3 rings (SSSR count). The number of nitrogens with one attached hydrogen (secondary N) is 1. The number of hydrogen-bond acceptors (Lipinski definition) is 4. The first-order chi connectivity index (χ1) is 11.2. The number of methoxy groups -OCH3 is 1. The molecule has 0 saturated heterocycles. The summed E-state index contributed by atoms with van der Waals surface area (Å²) in [7, 11) is 1.65. The monoisotopic (exact) mass is 313 g/mol. The first kappa shape index (κ1) is 15.3. The van der Waals surface area contributed by atoms with E-state index < -0.39 is 0 Å². The van der Waals surface area contributed by atoms with Crippen LogP contribution in [0.3, 0.4) is 0 Å². The Morgan fingerprint density at radius 1 is 1.35 bits per heavy atom. The van der Waals surface area contributed by atoms with Crippen molar-refractivity contribution >= 4 is 27.7 Å². The van der Waals surface area contributed by atoms with Gasteiger partial charge in [0, 0.05) is 36.0 Å². The number of hydroxylamine groups is 1. The third kappa shape index (κ3) is 2.73. The van der Waals surface area contributed by atoms with Gasteiger partial charge in [0.15, 0.2) is 0 Å². The van der Waals surface area contributed by atoms with Crippen molar-refractivity contribution in [3.63, 3.8) is 0 Å². The molecule has 3 aromatic rings. The zero-order valence-electron chi connectivity index (χ0n) is 13.2. The Hall–Kier alpha value is -2.60. The Labute approximate surface area is 133 Å². The number of ether oxygens (including phenoxy) is 1. The molecule has 0 bridgehead atoms. The van der Waals surface area contributed by atoms with Gasteiger partial charge in [0.2, 0.25) is 5.91 Å². The standard InChI is InChI=1S/C17H19N3O3/c1-11-17-14(7-8-18-11)13-6-5-12(23-2)10-15(13)20(17)9-3-4-16(21)19-22/h5-8,10,22H,3-4,9H2,1-2H3,(H,19,21). The normalized spacial score (nSPS) is 11.1. The second-order valence-electron chi connectivity index (χ2n) is 5.47. The Morgan fingerprint density at radius 3 is 2.91 bits per heavy atom. The van der Waals surface area contributed by atoms with Gasteiger partial charge >= 0.3 is 0 Å². The van der Waals surface area contributed by atoms with Crippen LogP contribution < -0.4 is 10.2 Å². The van der Waals surface area contributed by atoms with Crippen molar-refractivity contribution in [1.82, 2.24) is 15.0 Å². The topological polar surface area (TPSA) is 76.4 Å². The molecule has 6 nitrogen and oxygen atoms in total. The smallest absolute Gasteiger partial charge is 0.243 e. The van der Waals surface area contributed by atoms with Gasteiger partial charge in [-0.05, 0) is 31.5 Å². The van der Waals surface area contributed by atoms with Crippen molar-refractivity contribution in [1.29, 1.82) is 0 Å². The van der Waals surface area contributed by atoms with E-state index in [9.17, 15) is 4.79 Å². The highest BCUT2D eigenvalue weighted by Gasteiger charge is 2.14. The third-order valence-corrected chi connectivity index (χ3v) is 4.07. The number of nitrogens with zero attached hydrogens (tertiary/aromatic N) is 2. The molecule has 0 aliphatic heterocycles. The lowest BCUT2D eigenvalue weighted by molar-refractivity contribution is -0.129. The van der Waals surface area contributed by atoms with Crippen LogP contribution in [0.2, 0.25) is 0 Å². The van der Waals surface area contributed by atoms with Gasteiger partial charge in [0.25, 0.3) is 0 Å². The quantitative estimate of drug-likeness (QED) is 0.561. The van der Waals surface area contributed by atoms with Crippen LogP contribution in [-0.2, 0) is 11.3 Å². The van der Waals surface area contributed by atoms with E-state index >= 15 is 0 Å². The van der Waals surface area contributed by atoms with E-state index in [4.69, 9.17) is 9.94 Å². The maximum atomic E-state index is 11.2. The van der Waals surface area contributed by atoms with Crippen molar-refractivity contribution in [2.75, 3.05) is 7.11 Å². The Bertz CT molecular complexity index is 870. The summed E-state index contributed by atoms with van der Waals surface area (Å²) in [6.45, 7) is 2.64. The molecule has 23 heavy (non-hydrogen) atoms. The number of benzene rings is 1. The average Bonchev–Trinajstić information content (AvgIpc) is 2.89. The number of amides is 1. The number of aryl methyl sites for hydroxylation is 2. The Kier molecular flexibility index (Phi) is 4.16. The molecule has 0 saturated carbocycles. The predicted molar refractivity (Wildman–Crippen MR) is 87.7 cm³/mol. The van der Waals surface area contributed by atoms with Gasteiger partial charge in [0.1, 0.15) is 5.75 Å². The highest BCUT2D eigenvalue weighted by atomic mass is 16.5. The van der Waals surface area contributed by atoms with Crippen molar-refractivity contribution in [3.8, 4) is 5.75 Å². The molecule has 2 aromatic heterocycles. The number of aromatic nitrogens is 2. The summed E-state index contributed by atoms with van der Waals surface area (Å²) >= 11 is 0. The lowest BCUT2D eigenvalue weighted by Crippen LogP contribution is -2.18. The summed E-state index contributed by atoms with van der Waals surface area (Å²) in [6.07, 6.45) is 2.70. The molecular formula is C17H19N3O3. The third-order valence-electron chi connectivity index (χ3n) is 4.07. The molecule has 2 heterocycles. The first-order valence-corrected chi connectivity index (χ1v) is 7.50. The van der Waals surface area contributed by atoms with Gasteiger partial charge in [0.05, 0.1) is 23.8 Å². The molecule has 0 radical (unpaired) electrons. The van der Waals surface area contributed by atoms with E-state index in [1.807, 2.05) is 37.4 Å². The zero-order valence-corrected chi connectivity index (χ0v) is 13.2. The van der Waals surface area contributed by atoms with Crippen molar-refractivity contribution in [3.05, 3.63) is 36.2 Å². The first-order valence-electron chi connectivity index (χ1n) is 7.50. The number of fused-ring (bicyclic) bond motifs is 3. The maximum absolute atomic E-state index is 11.2. The van der Waals surface area contributed by atoms with E-state index in [-0.39, 0.29) is 12.3 Å². The summed E-state index contributed by atoms with van der Waals surface area (Å²) in [5.74, 6) is 0.415. The molecule has 6 heteroatoms. The van der Waals surface area contributed by atoms with E-state index in [2.05, 4.69) is 9.55 Å². The van der Waals surface area contributed by atoms with Crippen molar-refractivity contribution in [2.45, 2.75) is 26.3 Å². The predicted octanol–water partition coefficient (Wildman–Crippen LogP) is 2.79. The average molecular weight is 313 g/mol. The van der Waals surface area contributed by atoms with E-state index in [0.717, 1.165) is 33.2 Å². The lowest BCUT2D eigenvalue weighted by Gasteiger charge is -2.09. The van der Waals surface area contributed by atoms with Crippen LogP contribution in [-0.4, -0.2) is 27.8 Å². The van der Waals surface area contributed by atoms with Crippen LogP contribution >= 0.6 is 0 Å². The molecule has 1 amide bonds. The molecule has 1 aromatic carbocycles. The summed E-state index contributed by atoms with van der Waals surface area (Å²) in [6, 6.07) is 8.00. The SMILES string of the molecule is COc1ccc2c3ccnc(C)c3n(CCCC(=O)NO)c2c1. The highest BCUT2D eigenvalue weighted by Crippen LogP contribution is 2.32. The van der Waals surface area contributed by atoms with Crippen LogP contribution in [0.5, 0.6) is 5.75 Å². The van der Waals surface area contributed by atoms with E-state index in [1.54, 1.807) is 12.6 Å². The zero-order chi connectivity index (χ0) is 16.4. The van der Waals surface area contributed by atoms with Crippen LogP contribution in [0.4, 0.5) is 0 Å². The maximum Gasteiger partial charge on any atom is 0.243 e. The van der Waals surface area contributed by atoms with E-state index in [0.29, 0.717) is 13.0 Å². The minimum atomic E-state index is -0.377. The van der Waals surface area contributed by atoms with Gasteiger partial charge in [-0.2, -0.15) is 0 Å². The highest BCUT2D eigenvalue weighted by molar-refractivity contribution is 6.09. The number of hydrogen-bond donors (Lipinski definition) is 2. The number of rotatable bonds is 5.